The van der Waals surface area contributed by atoms with E-state index < -0.39 is 27.5 Å². The van der Waals surface area contributed by atoms with Crippen LogP contribution in [0.3, 0.4) is 0 Å². The normalized spacial score (nSPS) is 16.4. The SMILES string of the molecule is C=C(c1ccc(NS(=O)(=O)c2cccc3cccnc23)cc1)N1CCN(Cc2ccc(F)c(F)c2F)C[C@@H]1C. The fourth-order valence-electron chi connectivity index (χ4n) is 4.91. The first-order valence-electron chi connectivity index (χ1n) is 12.4. The van der Waals surface area contributed by atoms with Crippen molar-refractivity contribution in [2.24, 2.45) is 0 Å². The Bertz CT molecular complexity index is 1640. The second-order valence-electron chi connectivity index (χ2n) is 9.57. The average molecular weight is 553 g/mol. The molecule has 1 aromatic heterocycles. The highest BCUT2D eigenvalue weighted by Crippen LogP contribution is 2.27. The summed E-state index contributed by atoms with van der Waals surface area (Å²) in [7, 11) is -3.86. The Balaban J connectivity index is 1.24. The molecule has 0 spiro atoms. The maximum Gasteiger partial charge on any atom is 0.264 e. The van der Waals surface area contributed by atoms with Gasteiger partial charge in [0.05, 0.1) is 5.52 Å². The molecule has 0 saturated carbocycles. The molecule has 0 aliphatic carbocycles. The minimum atomic E-state index is -3.86. The molecule has 0 radical (unpaired) electrons. The van der Waals surface area contributed by atoms with Crippen LogP contribution in [-0.4, -0.2) is 48.9 Å². The maximum absolute atomic E-state index is 14.1. The third-order valence-electron chi connectivity index (χ3n) is 6.92. The summed E-state index contributed by atoms with van der Waals surface area (Å²) >= 11 is 0. The van der Waals surface area contributed by atoms with E-state index in [0.717, 1.165) is 22.7 Å². The van der Waals surface area contributed by atoms with E-state index in [9.17, 15) is 21.6 Å². The lowest BCUT2D eigenvalue weighted by Gasteiger charge is -2.42. The summed E-state index contributed by atoms with van der Waals surface area (Å²) in [6, 6.07) is 17.8. The molecule has 6 nitrogen and oxygen atoms in total. The summed E-state index contributed by atoms with van der Waals surface area (Å²) in [5.41, 5.74) is 2.53. The third-order valence-corrected chi connectivity index (χ3v) is 8.34. The number of aromatic nitrogens is 1. The molecule has 0 unspecified atom stereocenters. The number of piperazine rings is 1. The molecule has 1 atom stereocenters. The Morgan fingerprint density at radius 1 is 1.00 bits per heavy atom. The molecule has 0 bridgehead atoms. The standard InChI is InChI=1S/C29H27F3N4O2S/c1-19-17-35(18-23-10-13-25(30)28(32)27(23)31)15-16-36(19)20(2)21-8-11-24(12-9-21)34-39(37,38)26-7-3-5-22-6-4-14-33-29(22)26/h3-14,19,34H,2,15-18H2,1H3/t19-/m0/s1. The van der Waals surface area contributed by atoms with Crippen LogP contribution in [0.5, 0.6) is 0 Å². The van der Waals surface area contributed by atoms with Gasteiger partial charge in [-0.3, -0.25) is 14.6 Å². The van der Waals surface area contributed by atoms with Crippen molar-refractivity contribution in [3.8, 4) is 0 Å². The van der Waals surface area contributed by atoms with Crippen LogP contribution in [0.2, 0.25) is 0 Å². The second-order valence-corrected chi connectivity index (χ2v) is 11.2. The van der Waals surface area contributed by atoms with Gasteiger partial charge in [0.1, 0.15) is 4.90 Å². The van der Waals surface area contributed by atoms with Crippen molar-refractivity contribution in [3.63, 3.8) is 0 Å². The molecule has 3 aromatic carbocycles. The third kappa shape index (κ3) is 5.48. The Labute approximate surface area is 225 Å². The van der Waals surface area contributed by atoms with Gasteiger partial charge in [-0.05, 0) is 42.8 Å². The van der Waals surface area contributed by atoms with Crippen LogP contribution in [0.4, 0.5) is 18.9 Å². The van der Waals surface area contributed by atoms with Gasteiger partial charge in [-0.1, -0.05) is 43.0 Å². The fourth-order valence-corrected chi connectivity index (χ4v) is 6.15. The van der Waals surface area contributed by atoms with E-state index in [-0.39, 0.29) is 23.0 Å². The number of fused-ring (bicyclic) bond motifs is 1. The van der Waals surface area contributed by atoms with Crippen molar-refractivity contribution >= 4 is 32.3 Å². The second kappa shape index (κ2) is 10.7. The number of benzene rings is 3. The first-order valence-corrected chi connectivity index (χ1v) is 13.9. The molecule has 0 amide bonds. The van der Waals surface area contributed by atoms with Crippen LogP contribution in [0.15, 0.2) is 84.4 Å². The Morgan fingerprint density at radius 2 is 1.74 bits per heavy atom. The van der Waals surface area contributed by atoms with Gasteiger partial charge in [0.2, 0.25) is 0 Å². The minimum Gasteiger partial charge on any atom is -0.366 e. The first kappa shape index (κ1) is 26.7. The van der Waals surface area contributed by atoms with Crippen molar-refractivity contribution in [1.29, 1.82) is 0 Å². The predicted molar refractivity (Wildman–Crippen MR) is 146 cm³/mol. The lowest BCUT2D eigenvalue weighted by atomic mass is 10.1. The average Bonchev–Trinajstić information content (AvgIpc) is 2.93. The molecule has 39 heavy (non-hydrogen) atoms. The smallest absolute Gasteiger partial charge is 0.264 e. The molecule has 1 aliphatic heterocycles. The van der Waals surface area contributed by atoms with Gasteiger partial charge in [-0.15, -0.1) is 0 Å². The number of halogens is 3. The van der Waals surface area contributed by atoms with Crippen LogP contribution in [0.1, 0.15) is 18.1 Å². The zero-order valence-electron chi connectivity index (χ0n) is 21.2. The Morgan fingerprint density at radius 3 is 2.49 bits per heavy atom. The number of hydrogen-bond acceptors (Lipinski definition) is 5. The molecule has 1 aliphatic rings. The van der Waals surface area contributed by atoms with Gasteiger partial charge in [0.25, 0.3) is 10.0 Å². The minimum absolute atomic E-state index is 0.0247. The van der Waals surface area contributed by atoms with Gasteiger partial charge < -0.3 is 4.90 Å². The summed E-state index contributed by atoms with van der Waals surface area (Å²) in [5, 5.41) is 0.733. The highest BCUT2D eigenvalue weighted by molar-refractivity contribution is 7.93. The van der Waals surface area contributed by atoms with E-state index in [1.165, 1.54) is 12.1 Å². The van der Waals surface area contributed by atoms with Crippen molar-refractivity contribution in [2.75, 3.05) is 24.4 Å². The van der Waals surface area contributed by atoms with Gasteiger partial charge >= 0.3 is 0 Å². The van der Waals surface area contributed by atoms with E-state index in [4.69, 9.17) is 0 Å². The molecule has 1 fully saturated rings. The number of nitrogens with one attached hydrogen (secondary N) is 1. The zero-order chi connectivity index (χ0) is 27.7. The quantitative estimate of drug-likeness (QED) is 0.301. The van der Waals surface area contributed by atoms with Crippen molar-refractivity contribution in [2.45, 2.75) is 24.4 Å². The van der Waals surface area contributed by atoms with E-state index in [1.54, 1.807) is 42.6 Å². The van der Waals surface area contributed by atoms with Crippen LogP contribution in [-0.2, 0) is 16.6 Å². The summed E-state index contributed by atoms with van der Waals surface area (Å²) in [5.74, 6) is -3.80. The van der Waals surface area contributed by atoms with E-state index in [2.05, 4.69) is 21.2 Å². The number of anilines is 1. The van der Waals surface area contributed by atoms with Crippen LogP contribution < -0.4 is 4.72 Å². The lowest BCUT2D eigenvalue weighted by Crippen LogP contribution is -2.50. The summed E-state index contributed by atoms with van der Waals surface area (Å²) < 4.78 is 69.8. The van der Waals surface area contributed by atoms with E-state index >= 15 is 0 Å². The van der Waals surface area contributed by atoms with Gasteiger partial charge in [-0.2, -0.15) is 0 Å². The topological polar surface area (TPSA) is 65.5 Å². The van der Waals surface area contributed by atoms with Crippen molar-refractivity contribution in [1.82, 2.24) is 14.8 Å². The molecular formula is C29H27F3N4O2S. The van der Waals surface area contributed by atoms with Crippen molar-refractivity contribution < 1.29 is 21.6 Å². The molecule has 202 valence electrons. The number of pyridine rings is 1. The van der Waals surface area contributed by atoms with Gasteiger partial charge in [0.15, 0.2) is 17.5 Å². The van der Waals surface area contributed by atoms with Crippen LogP contribution >= 0.6 is 0 Å². The molecular weight excluding hydrogens is 525 g/mol. The summed E-state index contributed by atoms with van der Waals surface area (Å²) in [4.78, 5) is 8.45. The molecule has 5 rings (SSSR count). The number of para-hydroxylation sites is 1. The monoisotopic (exact) mass is 552 g/mol. The summed E-state index contributed by atoms with van der Waals surface area (Å²) in [6.07, 6.45) is 1.56. The number of nitrogens with zero attached hydrogens (tertiary/aromatic N) is 3. The first-order chi connectivity index (χ1) is 18.6. The number of sulfonamides is 1. The molecule has 1 N–H and O–H groups in total. The van der Waals surface area contributed by atoms with Gasteiger partial charge in [-0.25, -0.2) is 21.6 Å². The zero-order valence-corrected chi connectivity index (χ0v) is 22.1. The largest absolute Gasteiger partial charge is 0.366 e. The Kier molecular flexibility index (Phi) is 7.33. The van der Waals surface area contributed by atoms with Crippen LogP contribution in [0.25, 0.3) is 16.6 Å². The predicted octanol–water partition coefficient (Wildman–Crippen LogP) is 5.63. The molecule has 2 heterocycles. The van der Waals surface area contributed by atoms with E-state index in [1.807, 2.05) is 24.0 Å². The van der Waals surface area contributed by atoms with E-state index in [0.29, 0.717) is 30.8 Å². The lowest BCUT2D eigenvalue weighted by molar-refractivity contribution is 0.122. The maximum atomic E-state index is 14.1. The number of rotatable bonds is 7. The summed E-state index contributed by atoms with van der Waals surface area (Å²) in [6.45, 7) is 8.19. The molecule has 10 heteroatoms. The van der Waals surface area contributed by atoms with Crippen LogP contribution in [0, 0.1) is 17.5 Å². The molecule has 1 saturated heterocycles. The highest BCUT2D eigenvalue weighted by Gasteiger charge is 2.26. The van der Waals surface area contributed by atoms with Crippen molar-refractivity contribution in [3.05, 3.63) is 108 Å². The number of hydrogen-bond donors (Lipinski definition) is 1. The fraction of sp³-hybridized carbons (Fsp3) is 0.207. The molecule has 4 aromatic rings. The Hall–Kier alpha value is -3.89. The highest BCUT2D eigenvalue weighted by atomic mass is 32.2. The van der Waals surface area contributed by atoms with Gasteiger partial charge in [0, 0.05) is 60.8 Å².